The highest BCUT2D eigenvalue weighted by atomic mass is 16.5. The van der Waals surface area contributed by atoms with E-state index in [1.54, 1.807) is 7.11 Å². The monoisotopic (exact) mass is 264 g/mol. The molecular formula is C16H28N2O. The Morgan fingerprint density at radius 2 is 1.84 bits per heavy atom. The Bertz CT molecular complexity index is 416. The SMILES string of the molecule is CCC(CNC)CNc1cc(C)c(OC)c(C)c1C. The summed E-state index contributed by atoms with van der Waals surface area (Å²) in [4.78, 5) is 0. The van der Waals surface area contributed by atoms with Gasteiger partial charge in [0.15, 0.2) is 0 Å². The molecule has 0 saturated heterocycles. The number of hydrogen-bond donors (Lipinski definition) is 2. The molecule has 0 radical (unpaired) electrons. The van der Waals surface area contributed by atoms with E-state index in [2.05, 4.69) is 44.4 Å². The zero-order valence-electron chi connectivity index (χ0n) is 13.2. The molecule has 0 saturated carbocycles. The number of methoxy groups -OCH3 is 1. The summed E-state index contributed by atoms with van der Waals surface area (Å²) in [5.74, 6) is 1.66. The molecule has 1 aromatic rings. The van der Waals surface area contributed by atoms with Crippen molar-refractivity contribution in [2.24, 2.45) is 5.92 Å². The molecule has 0 amide bonds. The van der Waals surface area contributed by atoms with E-state index in [9.17, 15) is 0 Å². The van der Waals surface area contributed by atoms with Gasteiger partial charge in [-0.2, -0.15) is 0 Å². The van der Waals surface area contributed by atoms with Gasteiger partial charge in [-0.3, -0.25) is 0 Å². The number of aryl methyl sites for hydroxylation is 1. The summed E-state index contributed by atoms with van der Waals surface area (Å²) in [7, 11) is 3.75. The van der Waals surface area contributed by atoms with Gasteiger partial charge in [0, 0.05) is 12.2 Å². The van der Waals surface area contributed by atoms with Crippen molar-refractivity contribution in [2.75, 3.05) is 32.6 Å². The number of nitrogens with one attached hydrogen (secondary N) is 2. The summed E-state index contributed by atoms with van der Waals surface area (Å²) < 4.78 is 5.46. The maximum absolute atomic E-state index is 5.46. The average molecular weight is 264 g/mol. The van der Waals surface area contributed by atoms with E-state index in [4.69, 9.17) is 4.74 Å². The van der Waals surface area contributed by atoms with Crippen LogP contribution in [-0.4, -0.2) is 27.2 Å². The van der Waals surface area contributed by atoms with Gasteiger partial charge in [0.25, 0.3) is 0 Å². The van der Waals surface area contributed by atoms with Crippen LogP contribution in [0.3, 0.4) is 0 Å². The van der Waals surface area contributed by atoms with Gasteiger partial charge in [0.2, 0.25) is 0 Å². The zero-order valence-corrected chi connectivity index (χ0v) is 13.2. The van der Waals surface area contributed by atoms with E-state index in [1.807, 2.05) is 7.05 Å². The standard InChI is InChI=1S/C16H28N2O/c1-7-14(9-17-5)10-18-15-8-11(2)16(19-6)13(4)12(15)3/h8,14,17-18H,7,9-10H2,1-6H3. The van der Waals surface area contributed by atoms with Crippen LogP contribution in [0.15, 0.2) is 6.07 Å². The van der Waals surface area contributed by atoms with Gasteiger partial charge in [0.05, 0.1) is 7.11 Å². The van der Waals surface area contributed by atoms with E-state index >= 15 is 0 Å². The third-order valence-corrected chi connectivity index (χ3v) is 3.88. The van der Waals surface area contributed by atoms with Crippen molar-refractivity contribution in [2.45, 2.75) is 34.1 Å². The molecule has 0 aromatic heterocycles. The predicted molar refractivity (Wildman–Crippen MR) is 83.4 cm³/mol. The van der Waals surface area contributed by atoms with Crippen molar-refractivity contribution in [1.29, 1.82) is 0 Å². The molecule has 108 valence electrons. The molecule has 1 unspecified atom stereocenters. The normalized spacial score (nSPS) is 12.3. The first-order valence-electron chi connectivity index (χ1n) is 7.08. The van der Waals surface area contributed by atoms with Crippen LogP contribution in [0.2, 0.25) is 0 Å². The van der Waals surface area contributed by atoms with Gasteiger partial charge in [-0.1, -0.05) is 13.3 Å². The lowest BCUT2D eigenvalue weighted by molar-refractivity contribution is 0.408. The van der Waals surface area contributed by atoms with Crippen LogP contribution < -0.4 is 15.4 Å². The molecule has 1 atom stereocenters. The fourth-order valence-corrected chi connectivity index (χ4v) is 2.46. The maximum atomic E-state index is 5.46. The molecular weight excluding hydrogens is 236 g/mol. The highest BCUT2D eigenvalue weighted by Gasteiger charge is 2.11. The molecule has 0 aliphatic carbocycles. The molecule has 0 spiro atoms. The number of hydrogen-bond acceptors (Lipinski definition) is 3. The van der Waals surface area contributed by atoms with Gasteiger partial charge >= 0.3 is 0 Å². The average Bonchev–Trinajstić information content (AvgIpc) is 2.40. The van der Waals surface area contributed by atoms with Gasteiger partial charge < -0.3 is 15.4 Å². The van der Waals surface area contributed by atoms with E-state index in [0.717, 1.165) is 18.8 Å². The molecule has 19 heavy (non-hydrogen) atoms. The van der Waals surface area contributed by atoms with E-state index in [1.165, 1.54) is 28.8 Å². The molecule has 3 heteroatoms. The lowest BCUT2D eigenvalue weighted by Crippen LogP contribution is -2.25. The molecule has 0 bridgehead atoms. The fourth-order valence-electron chi connectivity index (χ4n) is 2.46. The van der Waals surface area contributed by atoms with E-state index in [-0.39, 0.29) is 0 Å². The number of ether oxygens (including phenoxy) is 1. The summed E-state index contributed by atoms with van der Waals surface area (Å²) in [5.41, 5.74) is 4.92. The van der Waals surface area contributed by atoms with Crippen LogP contribution in [0.5, 0.6) is 5.75 Å². The lowest BCUT2D eigenvalue weighted by atomic mass is 10.0. The van der Waals surface area contributed by atoms with Gasteiger partial charge in [-0.15, -0.1) is 0 Å². The van der Waals surface area contributed by atoms with Crippen LogP contribution >= 0.6 is 0 Å². The number of benzene rings is 1. The summed E-state index contributed by atoms with van der Waals surface area (Å²) >= 11 is 0. The quantitative estimate of drug-likeness (QED) is 0.793. The number of rotatable bonds is 7. The first-order chi connectivity index (χ1) is 9.04. The molecule has 0 fully saturated rings. The molecule has 2 N–H and O–H groups in total. The van der Waals surface area contributed by atoms with Crippen molar-refractivity contribution >= 4 is 5.69 Å². The van der Waals surface area contributed by atoms with Gasteiger partial charge in [0.1, 0.15) is 5.75 Å². The Labute approximate surface area is 117 Å². The Kier molecular flexibility index (Phi) is 6.16. The minimum Gasteiger partial charge on any atom is -0.496 e. The van der Waals surface area contributed by atoms with Crippen molar-refractivity contribution in [1.82, 2.24) is 5.32 Å². The number of anilines is 1. The lowest BCUT2D eigenvalue weighted by Gasteiger charge is -2.20. The van der Waals surface area contributed by atoms with Gasteiger partial charge in [-0.25, -0.2) is 0 Å². The topological polar surface area (TPSA) is 33.3 Å². The predicted octanol–water partition coefficient (Wildman–Crippen LogP) is 3.28. The van der Waals surface area contributed by atoms with Gasteiger partial charge in [-0.05, 0) is 63.0 Å². The second kappa shape index (κ2) is 7.39. The third kappa shape index (κ3) is 3.87. The first kappa shape index (κ1) is 15.8. The Morgan fingerprint density at radius 3 is 2.37 bits per heavy atom. The fraction of sp³-hybridized carbons (Fsp3) is 0.625. The molecule has 0 aliphatic heterocycles. The van der Waals surface area contributed by atoms with E-state index < -0.39 is 0 Å². The van der Waals surface area contributed by atoms with Crippen LogP contribution in [0.25, 0.3) is 0 Å². The smallest absolute Gasteiger partial charge is 0.125 e. The maximum Gasteiger partial charge on any atom is 0.125 e. The van der Waals surface area contributed by atoms with Crippen molar-refractivity contribution in [3.05, 3.63) is 22.8 Å². The van der Waals surface area contributed by atoms with Crippen LogP contribution in [0.4, 0.5) is 5.69 Å². The summed E-state index contributed by atoms with van der Waals surface area (Å²) in [6.45, 7) is 10.7. The summed E-state index contributed by atoms with van der Waals surface area (Å²) in [5, 5.41) is 6.84. The second-order valence-corrected chi connectivity index (χ2v) is 5.24. The Balaban J connectivity index is 2.84. The van der Waals surface area contributed by atoms with Crippen molar-refractivity contribution in [3.8, 4) is 5.75 Å². The molecule has 0 heterocycles. The highest BCUT2D eigenvalue weighted by Crippen LogP contribution is 2.31. The molecule has 0 aliphatic rings. The zero-order chi connectivity index (χ0) is 14.4. The second-order valence-electron chi connectivity index (χ2n) is 5.24. The third-order valence-electron chi connectivity index (χ3n) is 3.88. The van der Waals surface area contributed by atoms with Crippen molar-refractivity contribution < 1.29 is 4.74 Å². The van der Waals surface area contributed by atoms with Crippen LogP contribution in [0, 0.1) is 26.7 Å². The molecule has 1 aromatic carbocycles. The Morgan fingerprint density at radius 1 is 1.16 bits per heavy atom. The van der Waals surface area contributed by atoms with E-state index in [0.29, 0.717) is 5.92 Å². The largest absolute Gasteiger partial charge is 0.496 e. The minimum atomic E-state index is 0.659. The molecule has 3 nitrogen and oxygen atoms in total. The summed E-state index contributed by atoms with van der Waals surface area (Å²) in [6, 6.07) is 2.19. The van der Waals surface area contributed by atoms with Crippen LogP contribution in [0.1, 0.15) is 30.0 Å². The molecule has 1 rings (SSSR count). The highest BCUT2D eigenvalue weighted by molar-refractivity contribution is 5.61. The van der Waals surface area contributed by atoms with Crippen LogP contribution in [-0.2, 0) is 0 Å². The van der Waals surface area contributed by atoms with Crippen molar-refractivity contribution in [3.63, 3.8) is 0 Å². The first-order valence-corrected chi connectivity index (χ1v) is 7.08. The Hall–Kier alpha value is -1.22. The minimum absolute atomic E-state index is 0.659. The summed E-state index contributed by atoms with van der Waals surface area (Å²) in [6.07, 6.45) is 1.18.